The summed E-state index contributed by atoms with van der Waals surface area (Å²) in [6.45, 7) is 3.01. The van der Waals surface area contributed by atoms with Crippen LogP contribution < -0.4 is 4.74 Å². The highest BCUT2D eigenvalue weighted by Crippen LogP contribution is 2.31. The number of rotatable bonds is 5. The Kier molecular flexibility index (Phi) is 4.27. The van der Waals surface area contributed by atoms with Gasteiger partial charge in [-0.25, -0.2) is 8.78 Å². The maximum atomic E-state index is 12.9. The van der Waals surface area contributed by atoms with Crippen molar-refractivity contribution in [2.45, 2.75) is 26.7 Å². The Balaban J connectivity index is 3.16. The molecule has 1 rings (SSSR count). The lowest BCUT2D eigenvalue weighted by molar-refractivity contribution is -0.146. The molecule has 1 N–H and O–H groups in total. The standard InChI is InChI=1S/C13H16F2O3/c1-13(2,12(16)17)7-8-6-9(18-3)4-5-10(8)11(14)15/h4-6,11H,7H2,1-3H3,(H,16,17). The van der Waals surface area contributed by atoms with E-state index in [2.05, 4.69) is 0 Å². The molecule has 0 bridgehead atoms. The lowest BCUT2D eigenvalue weighted by Crippen LogP contribution is -2.26. The Labute approximate surface area is 104 Å². The molecule has 1 aromatic carbocycles. The minimum Gasteiger partial charge on any atom is -0.497 e. The maximum absolute atomic E-state index is 12.9. The molecular formula is C13H16F2O3. The number of carboxylic acid groups (broad SMARTS) is 1. The van der Waals surface area contributed by atoms with Crippen molar-refractivity contribution < 1.29 is 23.4 Å². The fourth-order valence-electron chi connectivity index (χ4n) is 1.63. The average molecular weight is 258 g/mol. The van der Waals surface area contributed by atoms with Crippen molar-refractivity contribution in [1.82, 2.24) is 0 Å². The number of aliphatic carboxylic acids is 1. The van der Waals surface area contributed by atoms with Crippen LogP contribution in [0.5, 0.6) is 5.75 Å². The van der Waals surface area contributed by atoms with Crippen LogP contribution in [0.15, 0.2) is 18.2 Å². The molecule has 0 spiro atoms. The van der Waals surface area contributed by atoms with Gasteiger partial charge in [0, 0.05) is 5.56 Å². The summed E-state index contributed by atoms with van der Waals surface area (Å²) < 4.78 is 30.7. The second kappa shape index (κ2) is 5.33. The molecule has 0 amide bonds. The summed E-state index contributed by atoms with van der Waals surface area (Å²) in [6, 6.07) is 4.18. The number of carbonyl (C=O) groups is 1. The average Bonchev–Trinajstić information content (AvgIpc) is 2.27. The van der Waals surface area contributed by atoms with Gasteiger partial charge in [0.25, 0.3) is 6.43 Å². The number of hydrogen-bond acceptors (Lipinski definition) is 2. The Morgan fingerprint density at radius 1 is 1.44 bits per heavy atom. The van der Waals surface area contributed by atoms with Crippen LogP contribution in [0.4, 0.5) is 8.78 Å². The molecule has 5 heteroatoms. The van der Waals surface area contributed by atoms with E-state index >= 15 is 0 Å². The van der Waals surface area contributed by atoms with Gasteiger partial charge < -0.3 is 9.84 Å². The van der Waals surface area contributed by atoms with E-state index in [1.165, 1.54) is 39.2 Å². The van der Waals surface area contributed by atoms with Crippen LogP contribution in [0.3, 0.4) is 0 Å². The van der Waals surface area contributed by atoms with Gasteiger partial charge in [-0.05, 0) is 44.0 Å². The highest BCUT2D eigenvalue weighted by molar-refractivity contribution is 5.74. The molecule has 18 heavy (non-hydrogen) atoms. The van der Waals surface area contributed by atoms with Gasteiger partial charge >= 0.3 is 5.97 Å². The second-order valence-corrected chi connectivity index (χ2v) is 4.73. The molecule has 0 saturated carbocycles. The van der Waals surface area contributed by atoms with Crippen molar-refractivity contribution >= 4 is 5.97 Å². The van der Waals surface area contributed by atoms with Gasteiger partial charge in [0.15, 0.2) is 0 Å². The fourth-order valence-corrected chi connectivity index (χ4v) is 1.63. The number of methoxy groups -OCH3 is 1. The molecule has 3 nitrogen and oxygen atoms in total. The lowest BCUT2D eigenvalue weighted by atomic mass is 9.84. The van der Waals surface area contributed by atoms with Crippen molar-refractivity contribution in [1.29, 1.82) is 0 Å². The third-order valence-electron chi connectivity index (χ3n) is 2.80. The predicted octanol–water partition coefficient (Wildman–Crippen LogP) is 3.29. The van der Waals surface area contributed by atoms with Gasteiger partial charge in [-0.2, -0.15) is 0 Å². The zero-order valence-corrected chi connectivity index (χ0v) is 10.5. The first-order valence-electron chi connectivity index (χ1n) is 5.46. The van der Waals surface area contributed by atoms with Gasteiger partial charge in [0.1, 0.15) is 5.75 Å². The molecule has 0 aliphatic heterocycles. The molecule has 0 fully saturated rings. The quantitative estimate of drug-likeness (QED) is 0.881. The van der Waals surface area contributed by atoms with Crippen molar-refractivity contribution in [2.75, 3.05) is 7.11 Å². The molecular weight excluding hydrogens is 242 g/mol. The van der Waals surface area contributed by atoms with Gasteiger partial charge in [0.05, 0.1) is 12.5 Å². The normalized spacial score (nSPS) is 11.7. The predicted molar refractivity (Wildman–Crippen MR) is 63.1 cm³/mol. The zero-order valence-electron chi connectivity index (χ0n) is 10.5. The van der Waals surface area contributed by atoms with Gasteiger partial charge in [-0.15, -0.1) is 0 Å². The largest absolute Gasteiger partial charge is 0.497 e. The summed E-state index contributed by atoms with van der Waals surface area (Å²) in [5.41, 5.74) is -0.947. The summed E-state index contributed by atoms with van der Waals surface area (Å²) in [4.78, 5) is 11.0. The summed E-state index contributed by atoms with van der Waals surface area (Å²) in [5.74, 6) is -0.582. The molecule has 0 saturated heterocycles. The van der Waals surface area contributed by atoms with E-state index in [1.807, 2.05) is 0 Å². The van der Waals surface area contributed by atoms with E-state index in [4.69, 9.17) is 9.84 Å². The van der Waals surface area contributed by atoms with Crippen LogP contribution in [0.2, 0.25) is 0 Å². The summed E-state index contributed by atoms with van der Waals surface area (Å²) in [6.07, 6.45) is -2.60. The number of hydrogen-bond donors (Lipinski definition) is 1. The number of carboxylic acids is 1. The van der Waals surface area contributed by atoms with E-state index in [0.29, 0.717) is 11.3 Å². The van der Waals surface area contributed by atoms with E-state index in [9.17, 15) is 13.6 Å². The summed E-state index contributed by atoms with van der Waals surface area (Å²) in [5, 5.41) is 9.04. The molecule has 0 aliphatic rings. The monoisotopic (exact) mass is 258 g/mol. The number of alkyl halides is 2. The van der Waals surface area contributed by atoms with E-state index in [1.54, 1.807) is 0 Å². The van der Waals surface area contributed by atoms with Gasteiger partial charge in [-0.1, -0.05) is 0 Å². The molecule has 1 aromatic rings. The van der Waals surface area contributed by atoms with Crippen LogP contribution in [0.1, 0.15) is 31.4 Å². The van der Waals surface area contributed by atoms with E-state index < -0.39 is 17.8 Å². The summed E-state index contributed by atoms with van der Waals surface area (Å²) >= 11 is 0. The van der Waals surface area contributed by atoms with Gasteiger partial charge in [-0.3, -0.25) is 4.79 Å². The molecule has 0 unspecified atom stereocenters. The summed E-state index contributed by atoms with van der Waals surface area (Å²) in [7, 11) is 1.43. The van der Waals surface area contributed by atoms with Crippen LogP contribution in [0, 0.1) is 5.41 Å². The first kappa shape index (κ1) is 14.4. The van der Waals surface area contributed by atoms with Crippen molar-refractivity contribution in [3.63, 3.8) is 0 Å². The zero-order chi connectivity index (χ0) is 13.9. The van der Waals surface area contributed by atoms with E-state index in [0.717, 1.165) is 0 Å². The number of benzene rings is 1. The van der Waals surface area contributed by atoms with Crippen molar-refractivity contribution in [3.05, 3.63) is 29.3 Å². The topological polar surface area (TPSA) is 46.5 Å². The maximum Gasteiger partial charge on any atom is 0.309 e. The third-order valence-corrected chi connectivity index (χ3v) is 2.80. The Morgan fingerprint density at radius 2 is 2.06 bits per heavy atom. The lowest BCUT2D eigenvalue weighted by Gasteiger charge is -2.21. The highest BCUT2D eigenvalue weighted by Gasteiger charge is 2.29. The van der Waals surface area contributed by atoms with Crippen molar-refractivity contribution in [2.24, 2.45) is 5.41 Å². The molecule has 0 radical (unpaired) electrons. The minimum atomic E-state index is -2.63. The third kappa shape index (κ3) is 3.18. The molecule has 0 aromatic heterocycles. The molecule has 100 valence electrons. The van der Waals surface area contributed by atoms with Crippen LogP contribution in [-0.2, 0) is 11.2 Å². The Morgan fingerprint density at radius 3 is 2.50 bits per heavy atom. The van der Waals surface area contributed by atoms with Crippen LogP contribution in [-0.4, -0.2) is 18.2 Å². The number of ether oxygens (including phenoxy) is 1. The van der Waals surface area contributed by atoms with Gasteiger partial charge in [0.2, 0.25) is 0 Å². The van der Waals surface area contributed by atoms with Crippen LogP contribution in [0.25, 0.3) is 0 Å². The SMILES string of the molecule is COc1ccc(C(F)F)c(CC(C)(C)C(=O)O)c1. The highest BCUT2D eigenvalue weighted by atomic mass is 19.3. The Bertz CT molecular complexity index is 442. The molecule has 0 atom stereocenters. The Hall–Kier alpha value is -1.65. The molecule has 0 aliphatic carbocycles. The molecule has 0 heterocycles. The first-order valence-corrected chi connectivity index (χ1v) is 5.46. The first-order chi connectivity index (χ1) is 8.27. The smallest absolute Gasteiger partial charge is 0.309 e. The second-order valence-electron chi connectivity index (χ2n) is 4.73. The number of halogens is 2. The van der Waals surface area contributed by atoms with E-state index in [-0.39, 0.29) is 12.0 Å². The minimum absolute atomic E-state index is 0.0270. The fraction of sp³-hybridized carbons (Fsp3) is 0.462. The van der Waals surface area contributed by atoms with Crippen LogP contribution >= 0.6 is 0 Å². The van der Waals surface area contributed by atoms with Crippen molar-refractivity contribution in [3.8, 4) is 5.75 Å².